The quantitative estimate of drug-likeness (QED) is 0.246. The lowest BCUT2D eigenvalue weighted by atomic mass is 10.1. The minimum absolute atomic E-state index is 0.187. The second kappa shape index (κ2) is 9.15. The van der Waals surface area contributed by atoms with Crippen molar-refractivity contribution in [1.29, 1.82) is 0 Å². The van der Waals surface area contributed by atoms with Crippen LogP contribution in [0.1, 0.15) is 18.1 Å². The fourth-order valence-corrected chi connectivity index (χ4v) is 4.58. The van der Waals surface area contributed by atoms with Crippen LogP contribution in [0.25, 0.3) is 34.1 Å². The average Bonchev–Trinajstić information content (AvgIpc) is 3.31. The van der Waals surface area contributed by atoms with Crippen molar-refractivity contribution in [2.45, 2.75) is 13.3 Å². The monoisotopic (exact) mass is 468 g/mol. The Kier molecular flexibility index (Phi) is 5.90. The summed E-state index contributed by atoms with van der Waals surface area (Å²) in [5.41, 5.74) is 4.12. The Balaban J connectivity index is 1.37. The van der Waals surface area contributed by atoms with Gasteiger partial charge in [-0.1, -0.05) is 43.0 Å². The molecule has 1 aliphatic heterocycles. The van der Waals surface area contributed by atoms with Crippen molar-refractivity contribution in [2.75, 3.05) is 13.2 Å². The van der Waals surface area contributed by atoms with Crippen molar-refractivity contribution in [3.05, 3.63) is 90.2 Å². The third-order valence-electron chi connectivity index (χ3n) is 5.95. The summed E-state index contributed by atoms with van der Waals surface area (Å²) in [5.74, 6) is 0.855. The average molecular weight is 469 g/mol. The number of nitrogens with zero attached hydrogens (tertiary/aromatic N) is 2. The molecule has 1 aromatic heterocycles. The number of hydrogen-bond donors (Lipinski definition) is 0. The molecule has 0 unspecified atom stereocenters. The summed E-state index contributed by atoms with van der Waals surface area (Å²) in [6.45, 7) is 6.99. The topological polar surface area (TPSA) is 43.7 Å². The number of fused-ring (bicyclic) bond motifs is 3. The molecule has 5 rings (SSSR count). The highest BCUT2D eigenvalue weighted by atomic mass is 32.1. The summed E-state index contributed by atoms with van der Waals surface area (Å²) >= 11 is 5.35. The van der Waals surface area contributed by atoms with E-state index in [0.29, 0.717) is 19.6 Å². The van der Waals surface area contributed by atoms with Gasteiger partial charge in [-0.15, -0.1) is 0 Å². The van der Waals surface area contributed by atoms with Crippen LogP contribution >= 0.6 is 12.2 Å². The summed E-state index contributed by atoms with van der Waals surface area (Å²) in [5, 5.41) is 2.40. The minimum Gasteiger partial charge on any atom is -0.494 e. The van der Waals surface area contributed by atoms with E-state index >= 15 is 0 Å². The molecule has 6 heteroatoms. The van der Waals surface area contributed by atoms with Crippen molar-refractivity contribution in [1.82, 2.24) is 9.47 Å². The second-order valence-corrected chi connectivity index (χ2v) is 8.36. The number of aromatic nitrogens is 1. The van der Waals surface area contributed by atoms with Crippen LogP contribution in [-0.4, -0.2) is 33.7 Å². The summed E-state index contributed by atoms with van der Waals surface area (Å²) in [4.78, 5) is 14.5. The molecule has 0 atom stereocenters. The van der Waals surface area contributed by atoms with Gasteiger partial charge < -0.3 is 14.0 Å². The number of carbonyl (C=O) groups is 1. The first-order valence-electron chi connectivity index (χ1n) is 11.2. The maximum Gasteiger partial charge on any atom is 0.297 e. The first kappa shape index (κ1) is 21.9. The normalized spacial score (nSPS) is 14.9. The zero-order valence-corrected chi connectivity index (χ0v) is 19.7. The van der Waals surface area contributed by atoms with Crippen molar-refractivity contribution in [2.24, 2.45) is 0 Å². The van der Waals surface area contributed by atoms with Gasteiger partial charge in [-0.3, -0.25) is 9.69 Å². The van der Waals surface area contributed by atoms with E-state index in [1.165, 1.54) is 4.90 Å². The molecule has 1 amide bonds. The molecular weight excluding hydrogens is 444 g/mol. The lowest BCUT2D eigenvalue weighted by Crippen LogP contribution is -2.30. The van der Waals surface area contributed by atoms with Gasteiger partial charge in [0.1, 0.15) is 5.75 Å². The Hall–Kier alpha value is -3.90. The van der Waals surface area contributed by atoms with Crippen LogP contribution in [0.5, 0.6) is 5.75 Å². The van der Waals surface area contributed by atoms with E-state index in [1.54, 1.807) is 6.08 Å². The van der Waals surface area contributed by atoms with Gasteiger partial charge in [0, 0.05) is 23.5 Å². The van der Waals surface area contributed by atoms with Gasteiger partial charge in [-0.25, -0.2) is 0 Å². The molecule has 2 heterocycles. The molecule has 34 heavy (non-hydrogen) atoms. The zero-order chi connectivity index (χ0) is 23.7. The molecule has 0 bridgehead atoms. The second-order valence-electron chi connectivity index (χ2n) is 8.01. The largest absolute Gasteiger partial charge is 0.494 e. The fourth-order valence-electron chi connectivity index (χ4n) is 4.31. The van der Waals surface area contributed by atoms with Crippen LogP contribution in [0.3, 0.4) is 0 Å². The predicted molar refractivity (Wildman–Crippen MR) is 141 cm³/mol. The number of hydrogen-bond acceptors (Lipinski definition) is 4. The predicted octanol–water partition coefficient (Wildman–Crippen LogP) is 6.02. The van der Waals surface area contributed by atoms with Crippen LogP contribution in [0.4, 0.5) is 0 Å². The molecule has 0 spiro atoms. The van der Waals surface area contributed by atoms with E-state index in [0.717, 1.165) is 38.7 Å². The molecular formula is C28H24N2O3S. The van der Waals surface area contributed by atoms with Crippen molar-refractivity contribution in [3.63, 3.8) is 0 Å². The number of para-hydroxylation sites is 1. The number of rotatable bonds is 7. The highest BCUT2D eigenvalue weighted by molar-refractivity contribution is 7.80. The van der Waals surface area contributed by atoms with Gasteiger partial charge in [0.05, 0.1) is 17.6 Å². The third-order valence-corrected chi connectivity index (χ3v) is 6.25. The molecule has 4 aromatic rings. The number of thiocarbonyl (C=S) groups is 1. The number of amides is 1. The third kappa shape index (κ3) is 3.97. The van der Waals surface area contributed by atoms with E-state index in [-0.39, 0.29) is 16.8 Å². The summed E-state index contributed by atoms with van der Waals surface area (Å²) in [7, 11) is 0. The Labute approximate surface area is 203 Å². The van der Waals surface area contributed by atoms with E-state index in [9.17, 15) is 4.79 Å². The Morgan fingerprint density at radius 2 is 1.79 bits per heavy atom. The lowest BCUT2D eigenvalue weighted by Gasteiger charge is -2.12. The molecule has 1 saturated heterocycles. The van der Waals surface area contributed by atoms with Crippen LogP contribution < -0.4 is 4.74 Å². The minimum atomic E-state index is -0.218. The van der Waals surface area contributed by atoms with Gasteiger partial charge >= 0.3 is 0 Å². The Bertz CT molecular complexity index is 1450. The van der Waals surface area contributed by atoms with Gasteiger partial charge in [0.15, 0.2) is 5.76 Å². The summed E-state index contributed by atoms with van der Waals surface area (Å²) < 4.78 is 13.2. The van der Waals surface area contributed by atoms with Crippen LogP contribution in [-0.2, 0) is 16.0 Å². The van der Waals surface area contributed by atoms with E-state index in [1.807, 2.05) is 61.7 Å². The highest BCUT2D eigenvalue weighted by Crippen LogP contribution is 2.31. The van der Waals surface area contributed by atoms with Gasteiger partial charge in [0.2, 0.25) is 0 Å². The van der Waals surface area contributed by atoms with Gasteiger partial charge in [-0.05, 0) is 73.1 Å². The van der Waals surface area contributed by atoms with E-state index < -0.39 is 0 Å². The fraction of sp³-hybridized carbons (Fsp3) is 0.143. The molecule has 1 fully saturated rings. The number of carbonyl (C=O) groups excluding carboxylic acids is 1. The first-order chi connectivity index (χ1) is 16.6. The summed E-state index contributed by atoms with van der Waals surface area (Å²) in [6.07, 6.45) is 4.24. The molecule has 5 nitrogen and oxygen atoms in total. The SMILES string of the molecule is C=Cn1c2ccccc2c2cc(C=C3OC(=S)N(CCc4ccc(OCC)cc4)C3=O)ccc21. The number of ether oxygens (including phenoxy) is 2. The molecule has 3 aromatic carbocycles. The van der Waals surface area contributed by atoms with Crippen LogP contribution in [0.2, 0.25) is 0 Å². The number of benzene rings is 3. The maximum absolute atomic E-state index is 13.0. The molecule has 1 aliphatic rings. The Morgan fingerprint density at radius 3 is 2.56 bits per heavy atom. The van der Waals surface area contributed by atoms with Gasteiger partial charge in [-0.2, -0.15) is 0 Å². The van der Waals surface area contributed by atoms with Crippen molar-refractivity contribution < 1.29 is 14.3 Å². The smallest absolute Gasteiger partial charge is 0.297 e. The standard InChI is InChI=1S/C28H24N2O3S/c1-3-29-24-8-6-5-7-22(24)23-17-20(11-14-25(23)29)18-26-27(31)30(28(34)33-26)16-15-19-9-12-21(13-10-19)32-4-2/h3,5-14,17-18H,1,4,15-16H2,2H3. The van der Waals surface area contributed by atoms with E-state index in [2.05, 4.69) is 29.3 Å². The molecule has 0 aliphatic carbocycles. The van der Waals surface area contributed by atoms with Crippen LogP contribution in [0, 0.1) is 0 Å². The Morgan fingerprint density at radius 1 is 1.03 bits per heavy atom. The lowest BCUT2D eigenvalue weighted by molar-refractivity contribution is -0.122. The molecule has 0 saturated carbocycles. The van der Waals surface area contributed by atoms with E-state index in [4.69, 9.17) is 21.7 Å². The van der Waals surface area contributed by atoms with Crippen molar-refractivity contribution >= 4 is 57.4 Å². The molecule has 0 radical (unpaired) electrons. The zero-order valence-electron chi connectivity index (χ0n) is 18.9. The highest BCUT2D eigenvalue weighted by Gasteiger charge is 2.33. The first-order valence-corrected chi connectivity index (χ1v) is 11.6. The maximum atomic E-state index is 13.0. The van der Waals surface area contributed by atoms with Gasteiger partial charge in [0.25, 0.3) is 11.1 Å². The summed E-state index contributed by atoms with van der Waals surface area (Å²) in [6, 6.07) is 22.1. The molecule has 170 valence electrons. The van der Waals surface area contributed by atoms with Crippen molar-refractivity contribution in [3.8, 4) is 5.75 Å². The molecule has 0 N–H and O–H groups in total. The van der Waals surface area contributed by atoms with Crippen LogP contribution in [0.15, 0.2) is 79.1 Å².